The van der Waals surface area contributed by atoms with Gasteiger partial charge in [-0.15, -0.1) is 0 Å². The van der Waals surface area contributed by atoms with Gasteiger partial charge in [0.2, 0.25) is 5.91 Å². The molecule has 1 aliphatic carbocycles. The average molecular weight is 339 g/mol. The molecule has 5 nitrogen and oxygen atoms in total. The Balaban J connectivity index is 1.74. The van der Waals surface area contributed by atoms with Crippen LogP contribution in [0.25, 0.3) is 0 Å². The maximum atomic E-state index is 12.4. The van der Waals surface area contributed by atoms with Gasteiger partial charge < -0.3 is 15.2 Å². The van der Waals surface area contributed by atoms with E-state index in [0.717, 1.165) is 11.1 Å². The van der Waals surface area contributed by atoms with Crippen LogP contribution in [0.5, 0.6) is 5.75 Å². The second-order valence-corrected chi connectivity index (χ2v) is 6.15. The SMILES string of the molecule is CCOC(=O)[C@@]1(c2ccc(OCc3ccccc3)cc2)CC1C(N)=O. The highest BCUT2D eigenvalue weighted by atomic mass is 16.5. The van der Waals surface area contributed by atoms with E-state index in [4.69, 9.17) is 15.2 Å². The minimum absolute atomic E-state index is 0.268. The first-order valence-corrected chi connectivity index (χ1v) is 8.31. The lowest BCUT2D eigenvalue weighted by Crippen LogP contribution is -2.30. The zero-order valence-corrected chi connectivity index (χ0v) is 14.1. The standard InChI is InChI=1S/C20H21NO4/c1-2-24-19(23)20(12-17(20)18(21)22)15-8-10-16(11-9-15)25-13-14-6-4-3-5-7-14/h3-11,17H,2,12-13H2,1H3,(H2,21,22)/t17?,20-/m1/s1. The summed E-state index contributed by atoms with van der Waals surface area (Å²) in [7, 11) is 0. The van der Waals surface area contributed by atoms with Gasteiger partial charge in [0.1, 0.15) is 17.8 Å². The summed E-state index contributed by atoms with van der Waals surface area (Å²) in [5, 5.41) is 0. The fourth-order valence-electron chi connectivity index (χ4n) is 3.12. The molecule has 25 heavy (non-hydrogen) atoms. The van der Waals surface area contributed by atoms with Gasteiger partial charge in [-0.2, -0.15) is 0 Å². The summed E-state index contributed by atoms with van der Waals surface area (Å²) >= 11 is 0. The number of primary amides is 1. The van der Waals surface area contributed by atoms with E-state index in [1.54, 1.807) is 31.2 Å². The van der Waals surface area contributed by atoms with Crippen molar-refractivity contribution in [1.29, 1.82) is 0 Å². The second kappa shape index (κ2) is 6.97. The highest BCUT2D eigenvalue weighted by molar-refractivity contribution is 5.97. The molecule has 2 aromatic carbocycles. The van der Waals surface area contributed by atoms with Crippen LogP contribution in [0.2, 0.25) is 0 Å². The normalized spacial score (nSPS) is 21.4. The molecule has 0 aliphatic heterocycles. The molecule has 0 radical (unpaired) electrons. The third kappa shape index (κ3) is 3.36. The Hall–Kier alpha value is -2.82. The molecule has 5 heteroatoms. The minimum atomic E-state index is -0.945. The van der Waals surface area contributed by atoms with Gasteiger partial charge in [0.05, 0.1) is 12.5 Å². The van der Waals surface area contributed by atoms with E-state index in [9.17, 15) is 9.59 Å². The number of benzene rings is 2. The first-order valence-electron chi connectivity index (χ1n) is 8.31. The van der Waals surface area contributed by atoms with E-state index in [-0.39, 0.29) is 6.61 Å². The topological polar surface area (TPSA) is 78.6 Å². The van der Waals surface area contributed by atoms with E-state index in [1.807, 2.05) is 30.3 Å². The molecule has 3 rings (SSSR count). The molecule has 0 bridgehead atoms. The van der Waals surface area contributed by atoms with Gasteiger partial charge in [0.25, 0.3) is 0 Å². The number of rotatable bonds is 7. The molecule has 0 aromatic heterocycles. The van der Waals surface area contributed by atoms with Crippen molar-refractivity contribution in [2.45, 2.75) is 25.4 Å². The Kier molecular flexibility index (Phi) is 4.74. The molecule has 1 aliphatic rings. The van der Waals surface area contributed by atoms with Crippen LogP contribution in [0.3, 0.4) is 0 Å². The molecule has 2 atom stereocenters. The van der Waals surface area contributed by atoms with Crippen molar-refractivity contribution in [2.24, 2.45) is 11.7 Å². The van der Waals surface area contributed by atoms with Gasteiger partial charge in [-0.05, 0) is 36.6 Å². The van der Waals surface area contributed by atoms with Crippen LogP contribution in [0.1, 0.15) is 24.5 Å². The molecule has 1 fully saturated rings. The predicted molar refractivity (Wildman–Crippen MR) is 92.8 cm³/mol. The van der Waals surface area contributed by atoms with Crippen molar-refractivity contribution in [1.82, 2.24) is 0 Å². The highest BCUT2D eigenvalue weighted by Crippen LogP contribution is 2.55. The van der Waals surface area contributed by atoms with Crippen molar-refractivity contribution >= 4 is 11.9 Å². The third-order valence-electron chi connectivity index (χ3n) is 4.56. The number of esters is 1. The number of carbonyl (C=O) groups excluding carboxylic acids is 2. The summed E-state index contributed by atoms with van der Waals surface area (Å²) in [4.78, 5) is 24.0. The molecule has 1 saturated carbocycles. The Morgan fingerprint density at radius 3 is 2.36 bits per heavy atom. The van der Waals surface area contributed by atoms with Gasteiger partial charge in [-0.1, -0.05) is 42.5 Å². The van der Waals surface area contributed by atoms with Crippen molar-refractivity contribution in [3.63, 3.8) is 0 Å². The Bertz CT molecular complexity index is 757. The summed E-state index contributed by atoms with van der Waals surface area (Å²) in [5.41, 5.74) is 6.28. The number of amides is 1. The maximum Gasteiger partial charge on any atom is 0.317 e. The van der Waals surface area contributed by atoms with Crippen molar-refractivity contribution in [3.05, 3.63) is 65.7 Å². The largest absolute Gasteiger partial charge is 0.489 e. The molecule has 1 unspecified atom stereocenters. The molecule has 1 amide bonds. The maximum absolute atomic E-state index is 12.4. The van der Waals surface area contributed by atoms with Crippen LogP contribution < -0.4 is 10.5 Å². The van der Waals surface area contributed by atoms with E-state index in [0.29, 0.717) is 18.8 Å². The van der Waals surface area contributed by atoms with Gasteiger partial charge >= 0.3 is 5.97 Å². The van der Waals surface area contributed by atoms with Crippen LogP contribution in [0.15, 0.2) is 54.6 Å². The quantitative estimate of drug-likeness (QED) is 0.787. The van der Waals surface area contributed by atoms with Crippen LogP contribution in [0.4, 0.5) is 0 Å². The van der Waals surface area contributed by atoms with Crippen molar-refractivity contribution in [2.75, 3.05) is 6.61 Å². The van der Waals surface area contributed by atoms with Crippen LogP contribution in [0, 0.1) is 5.92 Å². The molecule has 2 aromatic rings. The predicted octanol–water partition coefficient (Wildman–Crippen LogP) is 2.57. The van der Waals surface area contributed by atoms with Gasteiger partial charge in [-0.3, -0.25) is 9.59 Å². The number of nitrogens with two attached hydrogens (primary N) is 1. The van der Waals surface area contributed by atoms with E-state index < -0.39 is 23.2 Å². The fraction of sp³-hybridized carbons (Fsp3) is 0.300. The third-order valence-corrected chi connectivity index (χ3v) is 4.56. The van der Waals surface area contributed by atoms with Crippen LogP contribution in [-0.4, -0.2) is 18.5 Å². The number of ether oxygens (including phenoxy) is 2. The number of hydrogen-bond donors (Lipinski definition) is 1. The number of carbonyl (C=O) groups is 2. The molecule has 0 heterocycles. The Labute approximate surface area is 146 Å². The van der Waals surface area contributed by atoms with Crippen molar-refractivity contribution < 1.29 is 19.1 Å². The summed E-state index contributed by atoms with van der Waals surface area (Å²) in [6.45, 7) is 2.48. The van der Waals surface area contributed by atoms with Crippen LogP contribution >= 0.6 is 0 Å². The smallest absolute Gasteiger partial charge is 0.317 e. The average Bonchev–Trinajstić information content (AvgIpc) is 3.39. The highest BCUT2D eigenvalue weighted by Gasteiger charge is 2.65. The first kappa shape index (κ1) is 17.0. The lowest BCUT2D eigenvalue weighted by atomic mass is 9.93. The lowest BCUT2D eigenvalue weighted by Gasteiger charge is -2.16. The van der Waals surface area contributed by atoms with Crippen molar-refractivity contribution in [3.8, 4) is 5.75 Å². The van der Waals surface area contributed by atoms with Gasteiger partial charge in [0.15, 0.2) is 0 Å². The van der Waals surface area contributed by atoms with E-state index in [2.05, 4.69) is 0 Å². The number of hydrogen-bond acceptors (Lipinski definition) is 4. The lowest BCUT2D eigenvalue weighted by molar-refractivity contribution is -0.147. The fourth-order valence-corrected chi connectivity index (χ4v) is 3.12. The summed E-state index contributed by atoms with van der Waals surface area (Å²) in [6, 6.07) is 17.1. The summed E-state index contributed by atoms with van der Waals surface area (Å²) in [5.74, 6) is -0.681. The molecule has 0 spiro atoms. The molecule has 130 valence electrons. The van der Waals surface area contributed by atoms with E-state index >= 15 is 0 Å². The molecule has 2 N–H and O–H groups in total. The first-order chi connectivity index (χ1) is 12.1. The summed E-state index contributed by atoms with van der Waals surface area (Å²) < 4.78 is 10.9. The second-order valence-electron chi connectivity index (χ2n) is 6.15. The van der Waals surface area contributed by atoms with Gasteiger partial charge in [-0.25, -0.2) is 0 Å². The zero-order valence-electron chi connectivity index (χ0n) is 14.1. The van der Waals surface area contributed by atoms with Crippen LogP contribution in [-0.2, 0) is 26.3 Å². The molecular weight excluding hydrogens is 318 g/mol. The molecular formula is C20H21NO4. The summed E-state index contributed by atoms with van der Waals surface area (Å²) in [6.07, 6.45) is 0.394. The van der Waals surface area contributed by atoms with E-state index in [1.165, 1.54) is 0 Å². The monoisotopic (exact) mass is 339 g/mol. The Morgan fingerprint density at radius 1 is 1.12 bits per heavy atom. The van der Waals surface area contributed by atoms with Gasteiger partial charge in [0, 0.05) is 0 Å². The molecule has 0 saturated heterocycles. The Morgan fingerprint density at radius 2 is 1.80 bits per heavy atom. The zero-order chi connectivity index (χ0) is 17.9. The minimum Gasteiger partial charge on any atom is -0.489 e.